The number of hydrogen-bond donors (Lipinski definition) is 2. The Kier molecular flexibility index (Phi) is 6.01. The number of aromatic amines is 1. The first kappa shape index (κ1) is 18.9. The van der Waals surface area contributed by atoms with Crippen molar-refractivity contribution in [2.75, 3.05) is 44.8 Å². The lowest BCUT2D eigenvalue weighted by Gasteiger charge is -2.27. The summed E-state index contributed by atoms with van der Waals surface area (Å²) in [7, 11) is 0. The van der Waals surface area contributed by atoms with Crippen LogP contribution in [-0.4, -0.2) is 66.3 Å². The molecule has 2 aliphatic heterocycles. The van der Waals surface area contributed by atoms with Gasteiger partial charge in [-0.2, -0.15) is 0 Å². The number of carbonyl (C=O) groups is 1. The summed E-state index contributed by atoms with van der Waals surface area (Å²) in [5, 5.41) is 4.47. The van der Waals surface area contributed by atoms with E-state index in [1.54, 1.807) is 6.20 Å². The van der Waals surface area contributed by atoms with E-state index in [9.17, 15) is 4.79 Å². The fraction of sp³-hybridized carbons (Fsp3) is 0.556. The molecular formula is C18H25ClN4O3. The fourth-order valence-electron chi connectivity index (χ4n) is 3.56. The number of aryl methyl sites for hydroxylation is 1. The van der Waals surface area contributed by atoms with Crippen molar-refractivity contribution >= 4 is 35.0 Å². The molecule has 142 valence electrons. The number of anilines is 1. The van der Waals surface area contributed by atoms with E-state index in [-0.39, 0.29) is 18.3 Å². The zero-order chi connectivity index (χ0) is 17.2. The minimum absolute atomic E-state index is 0. The number of nitrogens with zero attached hydrogens (tertiary/aromatic N) is 2. The van der Waals surface area contributed by atoms with E-state index < -0.39 is 0 Å². The van der Waals surface area contributed by atoms with Crippen LogP contribution in [0.2, 0.25) is 0 Å². The van der Waals surface area contributed by atoms with Crippen molar-refractivity contribution in [1.29, 1.82) is 0 Å². The number of rotatable bonds is 3. The summed E-state index contributed by atoms with van der Waals surface area (Å²) in [5.41, 5.74) is 2.63. The first-order valence-electron chi connectivity index (χ1n) is 8.92. The number of carbonyl (C=O) groups excluding carboxylic acids is 1. The SMILES string of the molecule is Cc1c[nH]c2c(NC3CCOCC3)ncc(C(=O)N3CCOCC3)c12.Cl. The summed E-state index contributed by atoms with van der Waals surface area (Å²) in [6, 6.07) is 0.355. The third-order valence-corrected chi connectivity index (χ3v) is 5.00. The van der Waals surface area contributed by atoms with Crippen LogP contribution >= 0.6 is 12.4 Å². The molecule has 2 saturated heterocycles. The number of pyridine rings is 1. The molecule has 2 aliphatic rings. The van der Waals surface area contributed by atoms with Crippen molar-refractivity contribution in [1.82, 2.24) is 14.9 Å². The topological polar surface area (TPSA) is 79.5 Å². The first-order valence-corrected chi connectivity index (χ1v) is 8.92. The Labute approximate surface area is 158 Å². The van der Waals surface area contributed by atoms with Gasteiger partial charge < -0.3 is 24.7 Å². The molecule has 26 heavy (non-hydrogen) atoms. The molecule has 0 bridgehead atoms. The van der Waals surface area contributed by atoms with E-state index >= 15 is 0 Å². The van der Waals surface area contributed by atoms with Gasteiger partial charge in [-0.15, -0.1) is 12.4 Å². The van der Waals surface area contributed by atoms with Gasteiger partial charge in [-0.1, -0.05) is 0 Å². The predicted molar refractivity (Wildman–Crippen MR) is 102 cm³/mol. The third kappa shape index (κ3) is 3.65. The highest BCUT2D eigenvalue weighted by atomic mass is 35.5. The Balaban J connectivity index is 0.00000196. The number of hydrogen-bond acceptors (Lipinski definition) is 5. The maximum absolute atomic E-state index is 12.9. The Hall–Kier alpha value is -1.83. The highest BCUT2D eigenvalue weighted by Gasteiger charge is 2.24. The summed E-state index contributed by atoms with van der Waals surface area (Å²) in [4.78, 5) is 22.7. The molecule has 4 heterocycles. The van der Waals surface area contributed by atoms with Crippen LogP contribution < -0.4 is 5.32 Å². The van der Waals surface area contributed by atoms with Crippen molar-refractivity contribution in [3.8, 4) is 0 Å². The molecule has 1 amide bonds. The second-order valence-electron chi connectivity index (χ2n) is 6.68. The lowest BCUT2D eigenvalue weighted by molar-refractivity contribution is 0.0304. The van der Waals surface area contributed by atoms with Gasteiger partial charge in [-0.25, -0.2) is 4.98 Å². The third-order valence-electron chi connectivity index (χ3n) is 5.00. The highest BCUT2D eigenvalue weighted by Crippen LogP contribution is 2.29. The van der Waals surface area contributed by atoms with Crippen LogP contribution in [0.25, 0.3) is 10.9 Å². The van der Waals surface area contributed by atoms with E-state index in [1.165, 1.54) is 0 Å². The average Bonchev–Trinajstić information content (AvgIpc) is 3.06. The maximum Gasteiger partial charge on any atom is 0.256 e. The summed E-state index contributed by atoms with van der Waals surface area (Å²) in [5.74, 6) is 0.842. The molecule has 0 atom stereocenters. The Morgan fingerprint density at radius 2 is 1.92 bits per heavy atom. The molecule has 0 spiro atoms. The molecule has 2 N–H and O–H groups in total. The van der Waals surface area contributed by atoms with Gasteiger partial charge in [0.1, 0.15) is 0 Å². The molecule has 0 radical (unpaired) electrons. The Morgan fingerprint density at radius 3 is 2.65 bits per heavy atom. The molecule has 8 heteroatoms. The second-order valence-corrected chi connectivity index (χ2v) is 6.68. The van der Waals surface area contributed by atoms with Crippen LogP contribution in [0.1, 0.15) is 28.8 Å². The largest absolute Gasteiger partial charge is 0.381 e. The normalized spacial score (nSPS) is 18.6. The summed E-state index contributed by atoms with van der Waals surface area (Å²) in [6.45, 7) is 6.02. The second kappa shape index (κ2) is 8.24. The van der Waals surface area contributed by atoms with Gasteiger partial charge in [-0.05, 0) is 25.3 Å². The van der Waals surface area contributed by atoms with Crippen molar-refractivity contribution in [2.45, 2.75) is 25.8 Å². The smallest absolute Gasteiger partial charge is 0.256 e. The van der Waals surface area contributed by atoms with E-state index in [2.05, 4.69) is 15.3 Å². The zero-order valence-corrected chi connectivity index (χ0v) is 15.7. The van der Waals surface area contributed by atoms with Crippen LogP contribution in [0, 0.1) is 6.92 Å². The molecule has 4 rings (SSSR count). The monoisotopic (exact) mass is 380 g/mol. The molecule has 2 aromatic heterocycles. The van der Waals surface area contributed by atoms with E-state index in [1.807, 2.05) is 18.0 Å². The number of fused-ring (bicyclic) bond motifs is 1. The van der Waals surface area contributed by atoms with Crippen LogP contribution in [0.5, 0.6) is 0 Å². The zero-order valence-electron chi connectivity index (χ0n) is 14.9. The van der Waals surface area contributed by atoms with Gasteiger partial charge in [0, 0.05) is 50.1 Å². The van der Waals surface area contributed by atoms with Crippen LogP contribution in [0.15, 0.2) is 12.4 Å². The molecule has 2 fully saturated rings. The number of halogens is 1. The number of H-pyrrole nitrogens is 1. The molecule has 0 saturated carbocycles. The van der Waals surface area contributed by atoms with Gasteiger partial charge >= 0.3 is 0 Å². The van der Waals surface area contributed by atoms with Crippen LogP contribution in [0.4, 0.5) is 5.82 Å². The van der Waals surface area contributed by atoms with Crippen molar-refractivity contribution in [3.63, 3.8) is 0 Å². The van der Waals surface area contributed by atoms with Gasteiger partial charge in [0.25, 0.3) is 5.91 Å². The highest BCUT2D eigenvalue weighted by molar-refractivity contribution is 6.09. The number of ether oxygens (including phenoxy) is 2. The molecule has 0 aliphatic carbocycles. The first-order chi connectivity index (χ1) is 12.2. The standard InChI is InChI=1S/C18H24N4O3.ClH/c1-12-10-19-16-15(12)14(18(23)22-4-8-25-9-5-22)11-20-17(16)21-13-2-6-24-7-3-13;/h10-11,13,19H,2-9H2,1H3,(H,20,21);1H. The number of nitrogens with one attached hydrogen (secondary N) is 2. The molecule has 7 nitrogen and oxygen atoms in total. The van der Waals surface area contributed by atoms with E-state index in [0.29, 0.717) is 37.9 Å². The lowest BCUT2D eigenvalue weighted by Crippen LogP contribution is -2.40. The molecule has 0 aromatic carbocycles. The summed E-state index contributed by atoms with van der Waals surface area (Å²) >= 11 is 0. The Bertz CT molecular complexity index is 767. The summed E-state index contributed by atoms with van der Waals surface area (Å²) < 4.78 is 10.8. The van der Waals surface area contributed by atoms with Crippen molar-refractivity contribution < 1.29 is 14.3 Å². The lowest BCUT2D eigenvalue weighted by atomic mass is 10.1. The predicted octanol–water partition coefficient (Wildman–Crippen LogP) is 2.36. The fourth-order valence-corrected chi connectivity index (χ4v) is 3.56. The van der Waals surface area contributed by atoms with Gasteiger partial charge in [0.05, 0.1) is 24.3 Å². The maximum atomic E-state index is 12.9. The van der Waals surface area contributed by atoms with Crippen LogP contribution in [-0.2, 0) is 9.47 Å². The minimum atomic E-state index is 0. The van der Waals surface area contributed by atoms with Gasteiger partial charge in [0.2, 0.25) is 0 Å². The van der Waals surface area contributed by atoms with E-state index in [4.69, 9.17) is 9.47 Å². The van der Waals surface area contributed by atoms with Crippen molar-refractivity contribution in [3.05, 3.63) is 23.5 Å². The summed E-state index contributed by atoms with van der Waals surface area (Å²) in [6.07, 6.45) is 5.59. The average molecular weight is 381 g/mol. The number of morpholine rings is 1. The molecule has 2 aromatic rings. The number of amides is 1. The minimum Gasteiger partial charge on any atom is -0.381 e. The van der Waals surface area contributed by atoms with Crippen LogP contribution in [0.3, 0.4) is 0 Å². The molecule has 0 unspecified atom stereocenters. The van der Waals surface area contributed by atoms with Gasteiger partial charge in [-0.3, -0.25) is 4.79 Å². The quantitative estimate of drug-likeness (QED) is 0.854. The Morgan fingerprint density at radius 1 is 1.23 bits per heavy atom. The van der Waals surface area contributed by atoms with Gasteiger partial charge in [0.15, 0.2) is 5.82 Å². The van der Waals surface area contributed by atoms with E-state index in [0.717, 1.165) is 48.3 Å². The van der Waals surface area contributed by atoms with Crippen molar-refractivity contribution in [2.24, 2.45) is 0 Å². The molecular weight excluding hydrogens is 356 g/mol. The number of aromatic nitrogens is 2.